The molecule has 17 nitrogen and oxygen atoms in total. The molecule has 4 fully saturated rings. The monoisotopic (exact) mass is 654 g/mol. The summed E-state index contributed by atoms with van der Waals surface area (Å²) in [6, 6.07) is 8.26. The van der Waals surface area contributed by atoms with Crippen LogP contribution >= 0.6 is 0 Å². The zero-order valence-corrected chi connectivity index (χ0v) is 25.6. The number of morpholine rings is 2. The topological polar surface area (TPSA) is 236 Å². The molecule has 2 aromatic heterocycles. The summed E-state index contributed by atoms with van der Waals surface area (Å²) in [5.74, 6) is -0.860. The van der Waals surface area contributed by atoms with Crippen LogP contribution in [0.5, 0.6) is 0 Å². The number of benzene rings is 1. The van der Waals surface area contributed by atoms with Crippen molar-refractivity contribution in [1.29, 1.82) is 0 Å². The molecule has 4 aliphatic rings. The van der Waals surface area contributed by atoms with Gasteiger partial charge in [-0.05, 0) is 25.8 Å². The summed E-state index contributed by atoms with van der Waals surface area (Å²) in [6.07, 6.45) is -0.400. The van der Waals surface area contributed by atoms with Gasteiger partial charge in [-0.1, -0.05) is 37.3 Å². The van der Waals surface area contributed by atoms with Crippen LogP contribution < -0.4 is 33.1 Å². The van der Waals surface area contributed by atoms with Gasteiger partial charge in [0, 0.05) is 23.5 Å². The number of nitrogens with one attached hydrogen (secondary N) is 4. The van der Waals surface area contributed by atoms with E-state index in [2.05, 4.69) is 20.6 Å². The van der Waals surface area contributed by atoms with Crippen molar-refractivity contribution in [1.82, 2.24) is 29.7 Å². The summed E-state index contributed by atoms with van der Waals surface area (Å²) in [4.78, 5) is 75.7. The van der Waals surface area contributed by atoms with Crippen molar-refractivity contribution in [3.8, 4) is 0 Å². The number of hydrogen-bond donors (Lipinski definition) is 6. The van der Waals surface area contributed by atoms with Gasteiger partial charge >= 0.3 is 11.4 Å². The van der Waals surface area contributed by atoms with Gasteiger partial charge in [-0.15, -0.1) is 0 Å². The van der Waals surface area contributed by atoms with Gasteiger partial charge in [0.25, 0.3) is 22.9 Å². The number of carbonyl (C=O) groups excluding carboxylic acids is 2. The maximum Gasteiger partial charge on any atom is 0.330 e. The lowest BCUT2D eigenvalue weighted by Crippen LogP contribution is -2.52. The van der Waals surface area contributed by atoms with Crippen molar-refractivity contribution in [3.05, 3.63) is 101 Å². The number of nitrogens with zero attached hydrogens (tertiary/aromatic N) is 2. The van der Waals surface area contributed by atoms with Crippen molar-refractivity contribution in [2.24, 2.45) is 0 Å². The van der Waals surface area contributed by atoms with Crippen LogP contribution in [0.1, 0.15) is 42.5 Å². The van der Waals surface area contributed by atoms with Crippen LogP contribution in [0.4, 0.5) is 0 Å². The van der Waals surface area contributed by atoms with Crippen LogP contribution in [-0.4, -0.2) is 83.2 Å². The van der Waals surface area contributed by atoms with Crippen LogP contribution in [-0.2, 0) is 30.4 Å². The van der Waals surface area contributed by atoms with Gasteiger partial charge in [0.15, 0.2) is 23.7 Å². The van der Waals surface area contributed by atoms with E-state index in [4.69, 9.17) is 14.2 Å². The molecule has 250 valence electrons. The Kier molecular flexibility index (Phi) is 8.13. The van der Waals surface area contributed by atoms with E-state index < -0.39 is 83.0 Å². The van der Waals surface area contributed by atoms with Crippen LogP contribution in [0.3, 0.4) is 0 Å². The molecule has 2 unspecified atom stereocenters. The Balaban J connectivity index is 0.000000172. The molecular formula is C30H34N6O11. The average molecular weight is 655 g/mol. The fourth-order valence-electron chi connectivity index (χ4n) is 6.47. The third kappa shape index (κ3) is 5.06. The molecule has 0 radical (unpaired) electrons. The number of aliphatic hydroxyl groups is 2. The van der Waals surface area contributed by atoms with Gasteiger partial charge in [0.05, 0.1) is 13.2 Å². The minimum Gasteiger partial charge on any atom is -0.393 e. The normalized spacial score (nSPS) is 31.8. The third-order valence-corrected chi connectivity index (χ3v) is 9.12. The number of hydrogen-bond acceptors (Lipinski definition) is 11. The highest BCUT2D eigenvalue weighted by Crippen LogP contribution is 2.46. The average Bonchev–Trinajstić information content (AvgIpc) is 3.70. The molecule has 6 N–H and O–H groups in total. The molecule has 1 aromatic carbocycles. The second-order valence-corrected chi connectivity index (χ2v) is 11.9. The quantitative estimate of drug-likeness (QED) is 0.157. The maximum atomic E-state index is 12.5. The Bertz CT molecular complexity index is 1950. The first-order valence-electron chi connectivity index (χ1n) is 14.9. The smallest absolute Gasteiger partial charge is 0.330 e. The number of rotatable bonds is 7. The number of aromatic amines is 2. The molecule has 3 aromatic rings. The minimum atomic E-state index is -1.77. The number of ether oxygens (including phenoxy) is 3. The van der Waals surface area contributed by atoms with E-state index in [1.807, 2.05) is 37.3 Å². The summed E-state index contributed by atoms with van der Waals surface area (Å²) < 4.78 is 20.0. The Hall–Kier alpha value is -4.68. The van der Waals surface area contributed by atoms with Gasteiger partial charge in [-0.3, -0.25) is 38.3 Å². The fourth-order valence-corrected chi connectivity index (χ4v) is 6.47. The highest BCUT2D eigenvalue weighted by Gasteiger charge is 2.67. The molecule has 4 bridgehead atoms. The van der Waals surface area contributed by atoms with Crippen molar-refractivity contribution in [3.63, 3.8) is 0 Å². The SMILES string of the molecule is CC[C@]12O[C@@H](n3cc(C)c(=O)[nH]c3=O)[C@@H](NC1=O)C2OCc1ccccc1.Cc1cn([C@@H]2O[C@@]3(CO)C(=O)N[C@H]2C3O)c(=O)[nH]c1=O. The van der Waals surface area contributed by atoms with Crippen molar-refractivity contribution in [2.75, 3.05) is 6.61 Å². The number of aryl methyl sites for hydroxylation is 2. The molecule has 4 saturated heterocycles. The van der Waals surface area contributed by atoms with E-state index in [-0.39, 0.29) is 11.5 Å². The molecule has 0 spiro atoms. The van der Waals surface area contributed by atoms with Gasteiger partial charge < -0.3 is 35.1 Å². The predicted molar refractivity (Wildman–Crippen MR) is 160 cm³/mol. The van der Waals surface area contributed by atoms with Crippen molar-refractivity contribution >= 4 is 11.8 Å². The zero-order chi connectivity index (χ0) is 33.8. The van der Waals surface area contributed by atoms with Gasteiger partial charge in [0.1, 0.15) is 24.3 Å². The van der Waals surface area contributed by atoms with Crippen LogP contribution in [0.2, 0.25) is 0 Å². The molecule has 7 rings (SSSR count). The first-order chi connectivity index (χ1) is 22.4. The Labute approximate surface area is 265 Å². The molecule has 0 saturated carbocycles. The van der Waals surface area contributed by atoms with E-state index in [0.29, 0.717) is 18.6 Å². The third-order valence-electron chi connectivity index (χ3n) is 9.12. The first kappa shape index (κ1) is 32.3. The molecule has 17 heteroatoms. The molecule has 47 heavy (non-hydrogen) atoms. The number of fused-ring (bicyclic) bond motifs is 4. The Morgan fingerprint density at radius 1 is 0.809 bits per heavy atom. The van der Waals surface area contributed by atoms with E-state index in [1.54, 1.807) is 6.92 Å². The van der Waals surface area contributed by atoms with Crippen molar-refractivity contribution in [2.45, 2.75) is 81.7 Å². The Morgan fingerprint density at radius 3 is 1.85 bits per heavy atom. The lowest BCUT2D eigenvalue weighted by atomic mass is 9.95. The highest BCUT2D eigenvalue weighted by molar-refractivity contribution is 5.91. The summed E-state index contributed by atoms with van der Waals surface area (Å²) in [7, 11) is 0. The van der Waals surface area contributed by atoms with Gasteiger partial charge in [0.2, 0.25) is 0 Å². The number of aliphatic hydroxyl groups excluding tert-OH is 2. The van der Waals surface area contributed by atoms with Gasteiger partial charge in [-0.2, -0.15) is 0 Å². The Morgan fingerprint density at radius 2 is 1.32 bits per heavy atom. The second-order valence-electron chi connectivity index (χ2n) is 11.9. The number of amides is 2. The van der Waals surface area contributed by atoms with Crippen LogP contribution in [0, 0.1) is 13.8 Å². The van der Waals surface area contributed by atoms with Crippen LogP contribution in [0.15, 0.2) is 61.9 Å². The largest absolute Gasteiger partial charge is 0.393 e. The standard InChI is InChI=1S/C19H21N3O5.C11H13N3O6/c1-3-19-14(26-10-12-7-5-4-6-8-12)13(20-17(19)24)16(27-19)22-9-11(2)15(23)21-18(22)25;1-4-2-14(10(19)13-7(4)17)8-5-6(16)11(3-15,20-8)9(18)12-5/h4-9,13-14,16H,3,10H2,1-2H3,(H,20,24)(H,21,23,25);2,5-6,8,15-16H,3H2,1H3,(H,12,18)(H,13,17,19)/t13-,14?,16+,19+;5-,6?,8+,11+/m00/s1. The first-order valence-corrected chi connectivity index (χ1v) is 14.9. The summed E-state index contributed by atoms with van der Waals surface area (Å²) in [5.41, 5.74) is -3.52. The lowest BCUT2D eigenvalue weighted by molar-refractivity contribution is -0.169. The number of H-pyrrole nitrogens is 2. The van der Waals surface area contributed by atoms with Crippen LogP contribution in [0.25, 0.3) is 0 Å². The predicted octanol–water partition coefficient (Wildman–Crippen LogP) is -2.43. The maximum absolute atomic E-state index is 12.5. The molecule has 8 atom stereocenters. The number of aromatic nitrogens is 4. The van der Waals surface area contributed by atoms with E-state index in [1.165, 1.54) is 23.9 Å². The minimum absolute atomic E-state index is 0.237. The van der Waals surface area contributed by atoms with Crippen molar-refractivity contribution < 1.29 is 34.0 Å². The second kappa shape index (κ2) is 11.8. The zero-order valence-electron chi connectivity index (χ0n) is 25.6. The molecule has 6 heterocycles. The summed E-state index contributed by atoms with van der Waals surface area (Å²) in [5, 5.41) is 24.7. The molecule has 0 aliphatic carbocycles. The fraction of sp³-hybridized carbons (Fsp3) is 0.467. The molecule has 2 amide bonds. The van der Waals surface area contributed by atoms with E-state index in [0.717, 1.165) is 10.1 Å². The van der Waals surface area contributed by atoms with E-state index in [9.17, 15) is 39.0 Å². The molecule has 4 aliphatic heterocycles. The lowest BCUT2D eigenvalue weighted by Gasteiger charge is -2.30. The molecular weight excluding hydrogens is 620 g/mol. The van der Waals surface area contributed by atoms with Gasteiger partial charge in [-0.25, -0.2) is 9.59 Å². The summed E-state index contributed by atoms with van der Waals surface area (Å²) >= 11 is 0. The number of carbonyl (C=O) groups is 2. The van der Waals surface area contributed by atoms with E-state index >= 15 is 0 Å². The highest BCUT2D eigenvalue weighted by atomic mass is 16.6. The summed E-state index contributed by atoms with van der Waals surface area (Å²) in [6.45, 7) is 4.60.